The fourth-order valence-electron chi connectivity index (χ4n) is 1.30. The smallest absolute Gasteiger partial charge is 0.286 e. The van der Waals surface area contributed by atoms with Crippen LogP contribution in [0.3, 0.4) is 0 Å². The predicted octanol–water partition coefficient (Wildman–Crippen LogP) is 2.14. The molecule has 6 heteroatoms. The number of hydrogen-bond donors (Lipinski definition) is 2. The summed E-state index contributed by atoms with van der Waals surface area (Å²) in [6, 6.07) is 7.60. The Hall–Kier alpha value is -1.95. The van der Waals surface area contributed by atoms with E-state index in [0.29, 0.717) is 10.1 Å². The molecule has 17 heavy (non-hydrogen) atoms. The molecule has 0 aliphatic rings. The van der Waals surface area contributed by atoms with E-state index in [0.717, 1.165) is 11.3 Å². The predicted molar refractivity (Wildman–Crippen MR) is 68.6 cm³/mol. The van der Waals surface area contributed by atoms with Gasteiger partial charge in [0, 0.05) is 12.7 Å². The lowest BCUT2D eigenvalue weighted by atomic mass is 10.2. The number of para-hydroxylation sites is 1. The first-order chi connectivity index (χ1) is 8.20. The zero-order chi connectivity index (χ0) is 12.3. The van der Waals surface area contributed by atoms with E-state index in [1.165, 1.54) is 11.3 Å². The lowest BCUT2D eigenvalue weighted by Gasteiger charge is -2.05. The first-order valence-corrected chi connectivity index (χ1v) is 5.90. The van der Waals surface area contributed by atoms with Crippen molar-refractivity contribution in [3.05, 3.63) is 34.8 Å². The van der Waals surface area contributed by atoms with Gasteiger partial charge in [0.05, 0.1) is 0 Å². The van der Waals surface area contributed by atoms with Gasteiger partial charge < -0.3 is 10.6 Å². The highest BCUT2D eigenvalue weighted by molar-refractivity contribution is 7.17. The summed E-state index contributed by atoms with van der Waals surface area (Å²) in [5.74, 6) is -0.238. The van der Waals surface area contributed by atoms with Crippen molar-refractivity contribution in [1.29, 1.82) is 0 Å². The van der Waals surface area contributed by atoms with Crippen LogP contribution < -0.4 is 10.6 Å². The largest absolute Gasteiger partial charge is 0.363 e. The molecule has 5 nitrogen and oxygen atoms in total. The molecule has 0 spiro atoms. The molecule has 2 N–H and O–H groups in total. The number of aryl methyl sites for hydroxylation is 1. The molecule has 1 amide bonds. The SMILES string of the molecule is CNc1nnc(C(=O)Nc2ccccc2C)s1. The standard InChI is InChI=1S/C11H12N4OS/c1-7-5-3-4-6-8(7)13-9(16)10-14-15-11(12-2)17-10/h3-6H,1-2H3,(H,12,15)(H,13,16). The zero-order valence-corrected chi connectivity index (χ0v) is 10.3. The number of rotatable bonds is 3. The van der Waals surface area contributed by atoms with Crippen molar-refractivity contribution in [1.82, 2.24) is 10.2 Å². The minimum Gasteiger partial charge on any atom is -0.363 e. The Morgan fingerprint density at radius 1 is 1.29 bits per heavy atom. The van der Waals surface area contributed by atoms with E-state index < -0.39 is 0 Å². The van der Waals surface area contributed by atoms with Crippen LogP contribution in [0.15, 0.2) is 24.3 Å². The third-order valence-corrected chi connectivity index (χ3v) is 3.17. The molecule has 0 bridgehead atoms. The van der Waals surface area contributed by atoms with Crippen LogP contribution in [0.5, 0.6) is 0 Å². The van der Waals surface area contributed by atoms with E-state index in [1.54, 1.807) is 7.05 Å². The summed E-state index contributed by atoms with van der Waals surface area (Å²) in [6.45, 7) is 1.94. The van der Waals surface area contributed by atoms with Gasteiger partial charge in [0.15, 0.2) is 0 Å². The van der Waals surface area contributed by atoms with Crippen LogP contribution in [-0.4, -0.2) is 23.2 Å². The second-order valence-electron chi connectivity index (χ2n) is 3.43. The fraction of sp³-hybridized carbons (Fsp3) is 0.182. The third-order valence-electron chi connectivity index (χ3n) is 2.23. The monoisotopic (exact) mass is 248 g/mol. The van der Waals surface area contributed by atoms with Crippen LogP contribution in [0.1, 0.15) is 15.4 Å². The second-order valence-corrected chi connectivity index (χ2v) is 4.41. The summed E-state index contributed by atoms with van der Waals surface area (Å²) in [5, 5.41) is 14.2. The molecular weight excluding hydrogens is 236 g/mol. The van der Waals surface area contributed by atoms with Gasteiger partial charge in [-0.05, 0) is 18.6 Å². The van der Waals surface area contributed by atoms with Gasteiger partial charge >= 0.3 is 0 Å². The van der Waals surface area contributed by atoms with Crippen LogP contribution in [0.25, 0.3) is 0 Å². The quantitative estimate of drug-likeness (QED) is 0.873. The average molecular weight is 248 g/mol. The summed E-state index contributed by atoms with van der Waals surface area (Å²) in [5.41, 5.74) is 1.80. The van der Waals surface area contributed by atoms with Crippen LogP contribution >= 0.6 is 11.3 Å². The van der Waals surface area contributed by atoms with Crippen molar-refractivity contribution in [2.45, 2.75) is 6.92 Å². The molecule has 1 aromatic carbocycles. The summed E-state index contributed by atoms with van der Waals surface area (Å²) in [7, 11) is 1.74. The van der Waals surface area contributed by atoms with E-state index in [2.05, 4.69) is 20.8 Å². The molecular formula is C11H12N4OS. The Morgan fingerprint density at radius 3 is 2.71 bits per heavy atom. The van der Waals surface area contributed by atoms with Gasteiger partial charge in [0.1, 0.15) is 0 Å². The number of anilines is 2. The summed E-state index contributed by atoms with van der Waals surface area (Å²) in [4.78, 5) is 11.9. The number of nitrogens with one attached hydrogen (secondary N) is 2. The molecule has 2 aromatic rings. The summed E-state index contributed by atoms with van der Waals surface area (Å²) in [6.07, 6.45) is 0. The first kappa shape index (κ1) is 11.5. The molecule has 0 atom stereocenters. The van der Waals surface area contributed by atoms with Crippen molar-refractivity contribution in [3.63, 3.8) is 0 Å². The van der Waals surface area contributed by atoms with Gasteiger partial charge in [0.2, 0.25) is 10.1 Å². The highest BCUT2D eigenvalue weighted by atomic mass is 32.1. The fourth-order valence-corrected chi connectivity index (χ4v) is 1.90. The van der Waals surface area contributed by atoms with Gasteiger partial charge in [-0.3, -0.25) is 4.79 Å². The average Bonchev–Trinajstić information content (AvgIpc) is 2.81. The van der Waals surface area contributed by atoms with Gasteiger partial charge in [-0.15, -0.1) is 10.2 Å². The van der Waals surface area contributed by atoms with E-state index in [1.807, 2.05) is 31.2 Å². The maximum atomic E-state index is 11.9. The molecule has 0 saturated carbocycles. The maximum absolute atomic E-state index is 11.9. The second kappa shape index (κ2) is 4.92. The van der Waals surface area contributed by atoms with Crippen LogP contribution in [0.4, 0.5) is 10.8 Å². The van der Waals surface area contributed by atoms with Gasteiger partial charge in [-0.1, -0.05) is 29.5 Å². The lowest BCUT2D eigenvalue weighted by Crippen LogP contribution is -2.12. The molecule has 0 radical (unpaired) electrons. The Labute approximate surface area is 103 Å². The van der Waals surface area contributed by atoms with E-state index in [4.69, 9.17) is 0 Å². The van der Waals surface area contributed by atoms with Gasteiger partial charge in [-0.2, -0.15) is 0 Å². The Morgan fingerprint density at radius 2 is 2.06 bits per heavy atom. The van der Waals surface area contributed by atoms with Crippen LogP contribution in [0, 0.1) is 6.92 Å². The first-order valence-electron chi connectivity index (χ1n) is 5.09. The number of hydrogen-bond acceptors (Lipinski definition) is 5. The molecule has 1 heterocycles. The topological polar surface area (TPSA) is 66.9 Å². The number of carbonyl (C=O) groups excluding carboxylic acids is 1. The van der Waals surface area contributed by atoms with Gasteiger partial charge in [0.25, 0.3) is 5.91 Å². The number of nitrogens with zero attached hydrogens (tertiary/aromatic N) is 2. The summed E-state index contributed by atoms with van der Waals surface area (Å²) < 4.78 is 0. The molecule has 0 unspecified atom stereocenters. The van der Waals surface area contributed by atoms with Gasteiger partial charge in [-0.25, -0.2) is 0 Å². The van der Waals surface area contributed by atoms with Crippen molar-refractivity contribution >= 4 is 28.1 Å². The Balaban J connectivity index is 2.14. The Bertz CT molecular complexity index is 538. The van der Waals surface area contributed by atoms with E-state index in [9.17, 15) is 4.79 Å². The molecule has 1 aromatic heterocycles. The van der Waals surface area contributed by atoms with Crippen molar-refractivity contribution in [2.24, 2.45) is 0 Å². The molecule has 0 saturated heterocycles. The maximum Gasteiger partial charge on any atom is 0.286 e. The molecule has 2 rings (SSSR count). The normalized spacial score (nSPS) is 10.0. The number of aromatic nitrogens is 2. The number of amides is 1. The summed E-state index contributed by atoms with van der Waals surface area (Å²) >= 11 is 1.22. The lowest BCUT2D eigenvalue weighted by molar-refractivity contribution is 0.102. The highest BCUT2D eigenvalue weighted by Crippen LogP contribution is 2.18. The number of carbonyl (C=O) groups is 1. The zero-order valence-electron chi connectivity index (χ0n) is 9.52. The minimum absolute atomic E-state index is 0.238. The molecule has 88 valence electrons. The van der Waals surface area contributed by atoms with E-state index in [-0.39, 0.29) is 5.91 Å². The van der Waals surface area contributed by atoms with Crippen molar-refractivity contribution < 1.29 is 4.79 Å². The van der Waals surface area contributed by atoms with Crippen LogP contribution in [-0.2, 0) is 0 Å². The third kappa shape index (κ3) is 2.59. The molecule has 0 aliphatic carbocycles. The minimum atomic E-state index is -0.238. The number of benzene rings is 1. The molecule has 0 fully saturated rings. The molecule has 0 aliphatic heterocycles. The van der Waals surface area contributed by atoms with E-state index >= 15 is 0 Å². The van der Waals surface area contributed by atoms with Crippen molar-refractivity contribution in [3.8, 4) is 0 Å². The Kier molecular flexibility index (Phi) is 3.34. The van der Waals surface area contributed by atoms with Crippen LogP contribution in [0.2, 0.25) is 0 Å². The highest BCUT2D eigenvalue weighted by Gasteiger charge is 2.12. The van der Waals surface area contributed by atoms with Crippen molar-refractivity contribution in [2.75, 3.05) is 17.7 Å².